The number of ether oxygens (including phenoxy) is 2. The Bertz CT molecular complexity index is 1190. The number of para-hydroxylation sites is 1. The second-order valence-corrected chi connectivity index (χ2v) is 11.5. The van der Waals surface area contributed by atoms with Crippen molar-refractivity contribution >= 4 is 29.5 Å². The maximum Gasteiger partial charge on any atom is 0.414 e. The summed E-state index contributed by atoms with van der Waals surface area (Å²) in [6.07, 6.45) is 1.24. The number of carbonyl (C=O) groups is 3. The minimum absolute atomic E-state index is 0.0260. The first-order valence-corrected chi connectivity index (χ1v) is 13.8. The fourth-order valence-corrected chi connectivity index (χ4v) is 5.48. The van der Waals surface area contributed by atoms with Crippen LogP contribution < -0.4 is 9.80 Å². The molecule has 3 aliphatic heterocycles. The number of anilines is 2. The summed E-state index contributed by atoms with van der Waals surface area (Å²) in [7, 11) is 0. The van der Waals surface area contributed by atoms with Gasteiger partial charge < -0.3 is 24.2 Å². The molecule has 39 heavy (non-hydrogen) atoms. The van der Waals surface area contributed by atoms with Gasteiger partial charge in [-0.25, -0.2) is 9.59 Å². The summed E-state index contributed by atoms with van der Waals surface area (Å²) in [5, 5.41) is 0. The zero-order chi connectivity index (χ0) is 27.6. The molecule has 0 bridgehead atoms. The maximum atomic E-state index is 13.1. The maximum absolute atomic E-state index is 13.1. The molecular weight excluding hydrogens is 496 g/mol. The molecule has 9 nitrogen and oxygen atoms in total. The van der Waals surface area contributed by atoms with Crippen LogP contribution in [0.15, 0.2) is 48.5 Å². The van der Waals surface area contributed by atoms with Gasteiger partial charge in [-0.05, 0) is 57.4 Å². The number of carbonyl (C=O) groups excluding carboxylic acids is 3. The predicted molar refractivity (Wildman–Crippen MR) is 149 cm³/mol. The fraction of sp³-hybridized carbons (Fsp3) is 0.500. The van der Waals surface area contributed by atoms with Crippen LogP contribution in [0.4, 0.5) is 21.0 Å². The van der Waals surface area contributed by atoms with Crippen molar-refractivity contribution in [3.8, 4) is 0 Å². The quantitative estimate of drug-likeness (QED) is 0.577. The normalized spacial score (nSPS) is 18.5. The highest BCUT2D eigenvalue weighted by Gasteiger charge is 2.35. The van der Waals surface area contributed by atoms with E-state index in [1.165, 1.54) is 0 Å². The van der Waals surface area contributed by atoms with Gasteiger partial charge in [0.05, 0.1) is 12.1 Å². The number of likely N-dealkylation sites (tertiary alicyclic amines) is 1. The van der Waals surface area contributed by atoms with E-state index in [1.807, 2.05) is 62.1 Å². The van der Waals surface area contributed by atoms with Crippen LogP contribution in [0, 0.1) is 0 Å². The van der Waals surface area contributed by atoms with Gasteiger partial charge in [-0.3, -0.25) is 9.69 Å². The molecule has 0 aliphatic carbocycles. The van der Waals surface area contributed by atoms with Gasteiger partial charge in [-0.15, -0.1) is 0 Å². The number of fused-ring (bicyclic) bond motifs is 1. The van der Waals surface area contributed by atoms with E-state index in [0.717, 1.165) is 48.4 Å². The molecule has 0 saturated carbocycles. The molecule has 0 atom stereocenters. The summed E-state index contributed by atoms with van der Waals surface area (Å²) < 4.78 is 10.9. The van der Waals surface area contributed by atoms with Gasteiger partial charge in [0.25, 0.3) is 0 Å². The molecule has 0 aromatic heterocycles. The van der Waals surface area contributed by atoms with Crippen LogP contribution in [0.5, 0.6) is 0 Å². The number of hydrogen-bond donors (Lipinski definition) is 0. The van der Waals surface area contributed by atoms with Crippen LogP contribution in [0.3, 0.4) is 0 Å². The Labute approximate surface area is 230 Å². The number of hydrogen-bond acceptors (Lipinski definition) is 6. The molecule has 3 aliphatic rings. The van der Waals surface area contributed by atoms with Crippen molar-refractivity contribution in [1.82, 2.24) is 9.80 Å². The van der Waals surface area contributed by atoms with Gasteiger partial charge >= 0.3 is 12.2 Å². The Morgan fingerprint density at radius 3 is 2.23 bits per heavy atom. The molecule has 5 rings (SSSR count). The lowest BCUT2D eigenvalue weighted by molar-refractivity contribution is -0.131. The summed E-state index contributed by atoms with van der Waals surface area (Å²) in [5.41, 5.74) is 3.51. The van der Waals surface area contributed by atoms with Crippen molar-refractivity contribution in [2.24, 2.45) is 0 Å². The Morgan fingerprint density at radius 1 is 0.897 bits per heavy atom. The third kappa shape index (κ3) is 6.29. The minimum atomic E-state index is -0.495. The van der Waals surface area contributed by atoms with Crippen LogP contribution in [-0.2, 0) is 27.3 Å². The summed E-state index contributed by atoms with van der Waals surface area (Å²) in [4.78, 5) is 45.6. The second-order valence-electron chi connectivity index (χ2n) is 11.5. The van der Waals surface area contributed by atoms with Crippen molar-refractivity contribution < 1.29 is 23.9 Å². The van der Waals surface area contributed by atoms with Gasteiger partial charge in [-0.2, -0.15) is 0 Å². The molecule has 0 N–H and O–H groups in total. The molecule has 9 heteroatoms. The number of piperidine rings is 1. The molecule has 208 valence electrons. The van der Waals surface area contributed by atoms with E-state index in [2.05, 4.69) is 17.0 Å². The van der Waals surface area contributed by atoms with Crippen molar-refractivity contribution in [3.05, 3.63) is 59.7 Å². The molecule has 3 amide bonds. The van der Waals surface area contributed by atoms with E-state index >= 15 is 0 Å². The highest BCUT2D eigenvalue weighted by Crippen LogP contribution is 2.32. The number of amides is 3. The Kier molecular flexibility index (Phi) is 7.68. The molecular formula is C30H38N4O5. The van der Waals surface area contributed by atoms with Crippen LogP contribution >= 0.6 is 0 Å². The molecule has 2 aromatic rings. The summed E-state index contributed by atoms with van der Waals surface area (Å²) in [6, 6.07) is 16.0. The lowest BCUT2D eigenvalue weighted by Crippen LogP contribution is -2.50. The average molecular weight is 535 g/mol. The van der Waals surface area contributed by atoms with Crippen LogP contribution in [-0.4, -0.2) is 78.8 Å². The monoisotopic (exact) mass is 534 g/mol. The summed E-state index contributed by atoms with van der Waals surface area (Å²) in [6.45, 7) is 9.89. The number of benzene rings is 2. The SMILES string of the molecule is CC(C)(C)OC(=O)N1CCN(c2ccc(CC(=O)N3CCC(N4C(=O)OCc5ccccc54)CC3)cc2)CC1. The van der Waals surface area contributed by atoms with Crippen LogP contribution in [0.2, 0.25) is 0 Å². The molecule has 0 radical (unpaired) electrons. The standard InChI is InChI=1S/C30H38N4O5/c1-30(2,3)39-28(36)33-18-16-31(17-19-33)24-10-8-22(9-11-24)20-27(35)32-14-12-25(13-15-32)34-26-7-5-4-6-23(26)21-38-29(34)37/h4-11,25H,12-21H2,1-3H3. The number of nitrogens with zero attached hydrogens (tertiary/aromatic N) is 4. The first-order valence-electron chi connectivity index (χ1n) is 13.8. The Morgan fingerprint density at radius 2 is 1.56 bits per heavy atom. The highest BCUT2D eigenvalue weighted by molar-refractivity contribution is 5.91. The Hall–Kier alpha value is -3.75. The smallest absolute Gasteiger partial charge is 0.414 e. The van der Waals surface area contributed by atoms with E-state index < -0.39 is 5.60 Å². The zero-order valence-corrected chi connectivity index (χ0v) is 23.1. The van der Waals surface area contributed by atoms with Gasteiger partial charge in [0.15, 0.2) is 0 Å². The van der Waals surface area contributed by atoms with Crippen LogP contribution in [0.1, 0.15) is 44.7 Å². The lowest BCUT2D eigenvalue weighted by Gasteiger charge is -2.40. The highest BCUT2D eigenvalue weighted by atomic mass is 16.6. The van der Waals surface area contributed by atoms with Gasteiger partial charge in [0, 0.05) is 56.6 Å². The first kappa shape index (κ1) is 26.8. The summed E-state index contributed by atoms with van der Waals surface area (Å²) >= 11 is 0. The lowest BCUT2D eigenvalue weighted by atomic mass is 10.00. The van der Waals surface area contributed by atoms with E-state index in [9.17, 15) is 14.4 Å². The van der Waals surface area contributed by atoms with Crippen molar-refractivity contribution in [3.63, 3.8) is 0 Å². The van der Waals surface area contributed by atoms with E-state index in [0.29, 0.717) is 39.2 Å². The fourth-order valence-electron chi connectivity index (χ4n) is 5.48. The molecule has 2 aromatic carbocycles. The number of rotatable bonds is 4. The largest absolute Gasteiger partial charge is 0.444 e. The van der Waals surface area contributed by atoms with Crippen molar-refractivity contribution in [1.29, 1.82) is 0 Å². The molecule has 0 spiro atoms. The van der Waals surface area contributed by atoms with Crippen molar-refractivity contribution in [2.75, 3.05) is 49.1 Å². The minimum Gasteiger partial charge on any atom is -0.444 e. The average Bonchev–Trinajstić information content (AvgIpc) is 2.93. The van der Waals surface area contributed by atoms with E-state index in [1.54, 1.807) is 9.80 Å². The van der Waals surface area contributed by atoms with E-state index in [4.69, 9.17) is 9.47 Å². The molecule has 2 fully saturated rings. The molecule has 0 unspecified atom stereocenters. The Balaban J connectivity index is 1.10. The van der Waals surface area contributed by atoms with E-state index in [-0.39, 0.29) is 24.1 Å². The van der Waals surface area contributed by atoms with Gasteiger partial charge in [0.2, 0.25) is 5.91 Å². The third-order valence-corrected chi connectivity index (χ3v) is 7.57. The van der Waals surface area contributed by atoms with Gasteiger partial charge in [0.1, 0.15) is 12.2 Å². The molecule has 2 saturated heterocycles. The number of piperazine rings is 1. The van der Waals surface area contributed by atoms with Gasteiger partial charge in [-0.1, -0.05) is 30.3 Å². The predicted octanol–water partition coefficient (Wildman–Crippen LogP) is 4.43. The zero-order valence-electron chi connectivity index (χ0n) is 23.1. The van der Waals surface area contributed by atoms with Crippen molar-refractivity contribution in [2.45, 2.75) is 58.3 Å². The topological polar surface area (TPSA) is 82.6 Å². The van der Waals surface area contributed by atoms with Crippen LogP contribution in [0.25, 0.3) is 0 Å². The second kappa shape index (κ2) is 11.2. The summed E-state index contributed by atoms with van der Waals surface area (Å²) in [5.74, 6) is 0.105. The first-order chi connectivity index (χ1) is 18.7. The third-order valence-electron chi connectivity index (χ3n) is 7.57. The number of cyclic esters (lactones) is 1. The molecule has 3 heterocycles.